The van der Waals surface area contributed by atoms with Crippen LogP contribution in [-0.2, 0) is 0 Å². The van der Waals surface area contributed by atoms with Gasteiger partial charge in [0.25, 0.3) is 0 Å². The highest BCUT2D eigenvalue weighted by molar-refractivity contribution is 5.69. The molecule has 0 bridgehead atoms. The molecule has 0 spiro atoms. The Balaban J connectivity index is 1.62. The minimum atomic E-state index is 0.681. The normalized spacial score (nSPS) is 16.3. The van der Waals surface area contributed by atoms with Gasteiger partial charge in [0, 0.05) is 17.8 Å². The molecule has 0 amide bonds. The molecular formula is C22H28N7+. The third-order valence-corrected chi connectivity index (χ3v) is 5.19. The summed E-state index contributed by atoms with van der Waals surface area (Å²) in [5.74, 6) is 3.12. The van der Waals surface area contributed by atoms with Crippen molar-refractivity contribution in [3.8, 4) is 0 Å². The van der Waals surface area contributed by atoms with Gasteiger partial charge in [-0.3, -0.25) is 5.10 Å². The van der Waals surface area contributed by atoms with Gasteiger partial charge in [0.1, 0.15) is 11.6 Å². The zero-order valence-corrected chi connectivity index (χ0v) is 17.3. The molecule has 150 valence electrons. The van der Waals surface area contributed by atoms with E-state index in [1.165, 1.54) is 0 Å². The van der Waals surface area contributed by atoms with Crippen LogP contribution in [-0.4, -0.2) is 64.9 Å². The van der Waals surface area contributed by atoms with Gasteiger partial charge in [-0.05, 0) is 18.6 Å². The third-order valence-electron chi connectivity index (χ3n) is 5.19. The van der Waals surface area contributed by atoms with Gasteiger partial charge >= 0.3 is 0 Å². The lowest BCUT2D eigenvalue weighted by molar-refractivity contribution is -0.890. The van der Waals surface area contributed by atoms with E-state index >= 15 is 0 Å². The van der Waals surface area contributed by atoms with Crippen LogP contribution in [0.25, 0.3) is 12.2 Å². The van der Waals surface area contributed by atoms with Crippen molar-refractivity contribution in [1.29, 1.82) is 0 Å². The van der Waals surface area contributed by atoms with E-state index in [4.69, 9.17) is 4.98 Å². The van der Waals surface area contributed by atoms with Crippen molar-refractivity contribution in [2.45, 2.75) is 6.92 Å². The molecule has 3 aromatic rings. The van der Waals surface area contributed by atoms with Gasteiger partial charge < -0.3 is 14.7 Å². The second kappa shape index (κ2) is 8.05. The van der Waals surface area contributed by atoms with E-state index in [1.54, 1.807) is 0 Å². The summed E-state index contributed by atoms with van der Waals surface area (Å²) in [5.41, 5.74) is 2.12. The molecule has 0 aliphatic carbocycles. The van der Waals surface area contributed by atoms with Crippen LogP contribution in [0.2, 0.25) is 0 Å². The SMILES string of the molecule is Cc1cc(Nc2cc(N3CC[N+](C)(C)CC3)nc(C=Cc3ccccc3)n2)n[nH]1. The Kier molecular flexibility index (Phi) is 5.31. The number of nitrogens with zero attached hydrogens (tertiary/aromatic N) is 5. The summed E-state index contributed by atoms with van der Waals surface area (Å²) in [6, 6.07) is 14.2. The molecule has 2 aromatic heterocycles. The van der Waals surface area contributed by atoms with Gasteiger partial charge in [-0.2, -0.15) is 5.10 Å². The van der Waals surface area contributed by atoms with E-state index in [9.17, 15) is 0 Å². The molecule has 1 fully saturated rings. The van der Waals surface area contributed by atoms with Gasteiger partial charge in [-0.15, -0.1) is 0 Å². The van der Waals surface area contributed by atoms with Crippen molar-refractivity contribution in [3.63, 3.8) is 0 Å². The number of likely N-dealkylation sites (N-methyl/N-ethyl adjacent to an activating group) is 1. The van der Waals surface area contributed by atoms with Crippen molar-refractivity contribution in [2.75, 3.05) is 50.5 Å². The maximum absolute atomic E-state index is 4.82. The van der Waals surface area contributed by atoms with Crippen LogP contribution in [0.15, 0.2) is 42.5 Å². The summed E-state index contributed by atoms with van der Waals surface area (Å²) in [6.45, 7) is 6.13. The van der Waals surface area contributed by atoms with Gasteiger partial charge in [0.15, 0.2) is 11.6 Å². The Morgan fingerprint density at radius 3 is 2.45 bits per heavy atom. The van der Waals surface area contributed by atoms with E-state index in [-0.39, 0.29) is 0 Å². The molecule has 29 heavy (non-hydrogen) atoms. The molecule has 4 rings (SSSR count). The van der Waals surface area contributed by atoms with E-state index in [1.807, 2.05) is 49.4 Å². The smallest absolute Gasteiger partial charge is 0.156 e. The average molecular weight is 391 g/mol. The van der Waals surface area contributed by atoms with E-state index in [0.717, 1.165) is 59.4 Å². The number of nitrogens with one attached hydrogen (secondary N) is 2. The summed E-state index contributed by atoms with van der Waals surface area (Å²) >= 11 is 0. The molecule has 0 radical (unpaired) electrons. The number of rotatable bonds is 5. The Morgan fingerprint density at radius 1 is 1.00 bits per heavy atom. The van der Waals surface area contributed by atoms with Crippen molar-refractivity contribution in [1.82, 2.24) is 20.2 Å². The Morgan fingerprint density at radius 2 is 1.76 bits per heavy atom. The first-order valence-electron chi connectivity index (χ1n) is 9.95. The molecule has 1 aliphatic heterocycles. The Hall–Kier alpha value is -3.19. The first-order valence-corrected chi connectivity index (χ1v) is 9.95. The molecule has 0 saturated carbocycles. The molecule has 1 saturated heterocycles. The summed E-state index contributed by atoms with van der Waals surface area (Å²) in [6.07, 6.45) is 4.00. The quantitative estimate of drug-likeness (QED) is 0.654. The number of aromatic amines is 1. The van der Waals surface area contributed by atoms with Crippen LogP contribution in [0.4, 0.5) is 17.5 Å². The number of anilines is 3. The van der Waals surface area contributed by atoms with E-state index in [2.05, 4.69) is 51.6 Å². The third kappa shape index (κ3) is 5.00. The molecule has 7 nitrogen and oxygen atoms in total. The van der Waals surface area contributed by atoms with Crippen LogP contribution in [0.3, 0.4) is 0 Å². The van der Waals surface area contributed by atoms with Crippen molar-refractivity contribution in [3.05, 3.63) is 59.5 Å². The van der Waals surface area contributed by atoms with E-state index < -0.39 is 0 Å². The molecule has 1 aromatic carbocycles. The summed E-state index contributed by atoms with van der Waals surface area (Å²) < 4.78 is 1.04. The van der Waals surface area contributed by atoms with Crippen molar-refractivity contribution >= 4 is 29.6 Å². The van der Waals surface area contributed by atoms with Crippen LogP contribution in [0.1, 0.15) is 17.1 Å². The minimum Gasteiger partial charge on any atom is -0.345 e. The van der Waals surface area contributed by atoms with Gasteiger partial charge in [-0.25, -0.2) is 9.97 Å². The Labute approximate surface area is 171 Å². The molecule has 3 heterocycles. The summed E-state index contributed by atoms with van der Waals surface area (Å²) in [5, 5.41) is 10.5. The average Bonchev–Trinajstić information content (AvgIpc) is 3.11. The maximum atomic E-state index is 4.82. The standard InChI is InChI=1S/C22H28N7/c1-17-15-21(27-26-17)24-20-16-22(28-11-13-29(2,3)14-12-28)25-19(23-20)10-9-18-7-5-4-6-8-18/h4-10,15-16H,11-14H2,1-3H3,(H2,23,24,25,26,27)/q+1. The molecule has 0 atom stereocenters. The highest BCUT2D eigenvalue weighted by atomic mass is 15.4. The van der Waals surface area contributed by atoms with Crippen molar-refractivity contribution < 1.29 is 4.48 Å². The molecule has 1 aliphatic rings. The highest BCUT2D eigenvalue weighted by Crippen LogP contribution is 2.22. The summed E-state index contributed by atoms with van der Waals surface area (Å²) in [7, 11) is 4.55. The van der Waals surface area contributed by atoms with E-state index in [0.29, 0.717) is 5.82 Å². The van der Waals surface area contributed by atoms with Crippen LogP contribution in [0, 0.1) is 6.92 Å². The molecule has 0 unspecified atom stereocenters. The van der Waals surface area contributed by atoms with Gasteiger partial charge in [-0.1, -0.05) is 36.4 Å². The maximum Gasteiger partial charge on any atom is 0.156 e. The number of aryl methyl sites for hydroxylation is 1. The number of quaternary nitrogens is 1. The topological polar surface area (TPSA) is 69.7 Å². The Bertz CT molecular complexity index is 981. The fourth-order valence-corrected chi connectivity index (χ4v) is 3.34. The van der Waals surface area contributed by atoms with Crippen LogP contribution >= 0.6 is 0 Å². The number of hydrogen-bond acceptors (Lipinski definition) is 5. The fourth-order valence-electron chi connectivity index (χ4n) is 3.34. The second-order valence-corrected chi connectivity index (χ2v) is 8.14. The lowest BCUT2D eigenvalue weighted by Crippen LogP contribution is -2.55. The number of H-pyrrole nitrogens is 1. The first kappa shape index (κ1) is 19.1. The zero-order chi connectivity index (χ0) is 20.3. The number of benzene rings is 1. The predicted molar refractivity (Wildman–Crippen MR) is 118 cm³/mol. The monoisotopic (exact) mass is 390 g/mol. The lowest BCUT2D eigenvalue weighted by Gasteiger charge is -2.39. The highest BCUT2D eigenvalue weighted by Gasteiger charge is 2.25. The molecular weight excluding hydrogens is 362 g/mol. The number of aromatic nitrogens is 4. The van der Waals surface area contributed by atoms with Crippen LogP contribution in [0.5, 0.6) is 0 Å². The largest absolute Gasteiger partial charge is 0.345 e. The molecule has 2 N–H and O–H groups in total. The zero-order valence-electron chi connectivity index (χ0n) is 17.3. The lowest BCUT2D eigenvalue weighted by atomic mass is 10.2. The second-order valence-electron chi connectivity index (χ2n) is 8.14. The number of hydrogen-bond donors (Lipinski definition) is 2. The first-order chi connectivity index (χ1) is 14.0. The van der Waals surface area contributed by atoms with Crippen molar-refractivity contribution in [2.24, 2.45) is 0 Å². The van der Waals surface area contributed by atoms with Gasteiger partial charge in [0.05, 0.1) is 40.3 Å². The van der Waals surface area contributed by atoms with Gasteiger partial charge in [0.2, 0.25) is 0 Å². The molecule has 7 heteroatoms. The minimum absolute atomic E-state index is 0.681. The fraction of sp³-hybridized carbons (Fsp3) is 0.318. The predicted octanol–water partition coefficient (Wildman–Crippen LogP) is 3.32. The summed E-state index contributed by atoms with van der Waals surface area (Å²) in [4.78, 5) is 11.8. The van der Waals surface area contributed by atoms with Crippen LogP contribution < -0.4 is 10.2 Å². The number of piperazine rings is 1.